The molecular formula is C30H37N7O2. The number of amides is 1. The van der Waals surface area contributed by atoms with Crippen molar-refractivity contribution in [3.63, 3.8) is 0 Å². The lowest BCUT2D eigenvalue weighted by molar-refractivity contribution is 0.0966. The van der Waals surface area contributed by atoms with Gasteiger partial charge in [-0.15, -0.1) is 0 Å². The smallest absolute Gasteiger partial charge is 0.254 e. The van der Waals surface area contributed by atoms with Crippen LogP contribution >= 0.6 is 0 Å². The number of fused-ring (bicyclic) bond motifs is 1. The molecule has 0 bridgehead atoms. The second kappa shape index (κ2) is 11.2. The average Bonchev–Trinajstić information content (AvgIpc) is 3.20. The van der Waals surface area contributed by atoms with E-state index in [1.165, 1.54) is 0 Å². The topological polar surface area (TPSA) is 85.9 Å². The second-order valence-electron chi connectivity index (χ2n) is 10.7. The number of ether oxygens (including phenoxy) is 1. The van der Waals surface area contributed by atoms with E-state index in [0.717, 1.165) is 98.1 Å². The van der Waals surface area contributed by atoms with Crippen molar-refractivity contribution in [1.29, 1.82) is 0 Å². The Balaban J connectivity index is 1.28. The maximum absolute atomic E-state index is 13.0. The molecule has 3 aromatic rings. The van der Waals surface area contributed by atoms with Gasteiger partial charge in [-0.25, -0.2) is 4.98 Å². The van der Waals surface area contributed by atoms with Crippen LogP contribution in [0.4, 0.5) is 22.9 Å². The standard InChI is InChI=1S/C30H37N7O2/c1-35-13-15-36(16-14-35)21-6-9-28(32-17-21)34-26-8-7-23(25-18-33-30(38)29(25)26)24-10-11-31-19-27(24)37-12-4-3-5-22(20-37)39-2/h6-11,17,19,22H,3-5,12-16,18,20H2,1-2H3,(H,32,34)(H,33,38). The van der Waals surface area contributed by atoms with E-state index in [2.05, 4.69) is 60.5 Å². The maximum Gasteiger partial charge on any atom is 0.254 e. The summed E-state index contributed by atoms with van der Waals surface area (Å²) in [5.74, 6) is 0.663. The molecule has 2 N–H and O–H groups in total. The van der Waals surface area contributed by atoms with Crippen LogP contribution in [0.25, 0.3) is 11.1 Å². The van der Waals surface area contributed by atoms with Gasteiger partial charge in [0.2, 0.25) is 0 Å². The molecule has 2 fully saturated rings. The maximum atomic E-state index is 13.0. The van der Waals surface area contributed by atoms with Crippen molar-refractivity contribution in [2.45, 2.75) is 31.9 Å². The Morgan fingerprint density at radius 2 is 1.85 bits per heavy atom. The number of nitrogens with zero attached hydrogens (tertiary/aromatic N) is 5. The molecule has 3 aliphatic heterocycles. The molecule has 0 radical (unpaired) electrons. The average molecular weight is 528 g/mol. The van der Waals surface area contributed by atoms with Gasteiger partial charge in [-0.2, -0.15) is 0 Å². The molecule has 0 spiro atoms. The monoisotopic (exact) mass is 527 g/mol. The van der Waals surface area contributed by atoms with Crippen molar-refractivity contribution in [2.75, 3.05) is 68.5 Å². The minimum atomic E-state index is -0.0618. The van der Waals surface area contributed by atoms with Gasteiger partial charge in [0, 0.05) is 64.7 Å². The van der Waals surface area contributed by atoms with Gasteiger partial charge in [-0.3, -0.25) is 9.78 Å². The van der Waals surface area contributed by atoms with Crippen LogP contribution in [0.2, 0.25) is 0 Å². The highest BCUT2D eigenvalue weighted by molar-refractivity contribution is 6.06. The number of aromatic nitrogens is 2. The first kappa shape index (κ1) is 25.6. The molecule has 1 unspecified atom stereocenters. The van der Waals surface area contributed by atoms with E-state index in [1.807, 2.05) is 30.7 Å². The van der Waals surface area contributed by atoms with E-state index >= 15 is 0 Å². The van der Waals surface area contributed by atoms with E-state index in [9.17, 15) is 4.79 Å². The van der Waals surface area contributed by atoms with E-state index in [4.69, 9.17) is 4.74 Å². The van der Waals surface area contributed by atoms with Crippen molar-refractivity contribution in [2.24, 2.45) is 0 Å². The number of piperazine rings is 1. The van der Waals surface area contributed by atoms with Crippen molar-refractivity contribution in [3.8, 4) is 11.1 Å². The van der Waals surface area contributed by atoms with Gasteiger partial charge >= 0.3 is 0 Å². The third-order valence-corrected chi connectivity index (χ3v) is 8.24. The quantitative estimate of drug-likeness (QED) is 0.500. The molecule has 2 aromatic heterocycles. The number of hydrogen-bond donors (Lipinski definition) is 2. The first-order valence-electron chi connectivity index (χ1n) is 13.9. The summed E-state index contributed by atoms with van der Waals surface area (Å²) in [6.07, 6.45) is 9.25. The number of hydrogen-bond acceptors (Lipinski definition) is 8. The van der Waals surface area contributed by atoms with Crippen molar-refractivity contribution < 1.29 is 9.53 Å². The van der Waals surface area contributed by atoms with Crippen LogP contribution in [0.15, 0.2) is 48.9 Å². The Hall–Kier alpha value is -3.69. The van der Waals surface area contributed by atoms with Crippen molar-refractivity contribution in [3.05, 3.63) is 60.0 Å². The number of likely N-dealkylation sites (N-methyl/N-ethyl adjacent to an activating group) is 1. The van der Waals surface area contributed by atoms with E-state index in [1.54, 1.807) is 7.11 Å². The minimum Gasteiger partial charge on any atom is -0.380 e. The predicted molar refractivity (Wildman–Crippen MR) is 155 cm³/mol. The third-order valence-electron chi connectivity index (χ3n) is 8.24. The highest BCUT2D eigenvalue weighted by Gasteiger charge is 2.28. The highest BCUT2D eigenvalue weighted by atomic mass is 16.5. The largest absolute Gasteiger partial charge is 0.380 e. The molecular weight excluding hydrogens is 490 g/mol. The number of carbonyl (C=O) groups excluding carboxylic acids is 1. The molecule has 3 aliphatic rings. The van der Waals surface area contributed by atoms with E-state index < -0.39 is 0 Å². The zero-order valence-electron chi connectivity index (χ0n) is 22.8. The van der Waals surface area contributed by atoms with Crippen LogP contribution in [-0.2, 0) is 11.3 Å². The fraction of sp³-hybridized carbons (Fsp3) is 0.433. The van der Waals surface area contributed by atoms with Gasteiger partial charge in [0.25, 0.3) is 5.91 Å². The summed E-state index contributed by atoms with van der Waals surface area (Å²) < 4.78 is 5.74. The van der Waals surface area contributed by atoms with Crippen molar-refractivity contribution >= 4 is 28.8 Å². The lowest BCUT2D eigenvalue weighted by Crippen LogP contribution is -2.44. The molecule has 1 atom stereocenters. The van der Waals surface area contributed by atoms with Gasteiger partial charge in [-0.1, -0.05) is 6.07 Å². The Labute approximate surface area is 230 Å². The lowest BCUT2D eigenvalue weighted by Gasteiger charge is -2.33. The van der Waals surface area contributed by atoms with Crippen LogP contribution in [-0.4, -0.2) is 80.3 Å². The van der Waals surface area contributed by atoms with Gasteiger partial charge in [0.1, 0.15) is 5.82 Å². The molecule has 1 amide bonds. The number of nitrogens with one attached hydrogen (secondary N) is 2. The first-order valence-corrected chi connectivity index (χ1v) is 13.9. The van der Waals surface area contributed by atoms with Gasteiger partial charge in [-0.05, 0) is 61.7 Å². The molecule has 39 heavy (non-hydrogen) atoms. The van der Waals surface area contributed by atoms with E-state index in [-0.39, 0.29) is 12.0 Å². The molecule has 9 nitrogen and oxygen atoms in total. The molecule has 5 heterocycles. The number of anilines is 4. The fourth-order valence-corrected chi connectivity index (χ4v) is 5.93. The third kappa shape index (κ3) is 5.29. The van der Waals surface area contributed by atoms with Crippen LogP contribution in [0.3, 0.4) is 0 Å². The summed E-state index contributed by atoms with van der Waals surface area (Å²) in [6.45, 7) is 6.41. The molecule has 2 saturated heterocycles. The fourth-order valence-electron chi connectivity index (χ4n) is 5.93. The predicted octanol–water partition coefficient (Wildman–Crippen LogP) is 3.89. The normalized spacial score (nSPS) is 19.9. The SMILES string of the molecule is COC1CCCCN(c2cnccc2-c2ccc(Nc3ccc(N4CCN(C)CC4)cn3)c3c2CNC3=O)C1. The van der Waals surface area contributed by atoms with Crippen LogP contribution in [0.1, 0.15) is 35.2 Å². The Morgan fingerprint density at radius 1 is 0.974 bits per heavy atom. The zero-order chi connectivity index (χ0) is 26.8. The number of rotatable bonds is 6. The van der Waals surface area contributed by atoms with Crippen molar-refractivity contribution in [1.82, 2.24) is 20.2 Å². The number of methoxy groups -OCH3 is 1. The molecule has 0 saturated carbocycles. The Kier molecular flexibility index (Phi) is 7.34. The zero-order valence-corrected chi connectivity index (χ0v) is 22.8. The van der Waals surface area contributed by atoms with Gasteiger partial charge < -0.3 is 30.1 Å². The summed E-state index contributed by atoms with van der Waals surface area (Å²) in [5.41, 5.74) is 6.83. The highest BCUT2D eigenvalue weighted by Crippen LogP contribution is 2.39. The molecule has 6 rings (SSSR count). The molecule has 0 aliphatic carbocycles. The number of benzene rings is 1. The summed E-state index contributed by atoms with van der Waals surface area (Å²) in [4.78, 5) is 29.3. The van der Waals surface area contributed by atoms with Gasteiger partial charge in [0.15, 0.2) is 0 Å². The first-order chi connectivity index (χ1) is 19.1. The van der Waals surface area contributed by atoms with Gasteiger partial charge in [0.05, 0.1) is 41.1 Å². The number of carbonyl (C=O) groups is 1. The Bertz CT molecular complexity index is 1320. The second-order valence-corrected chi connectivity index (χ2v) is 10.7. The summed E-state index contributed by atoms with van der Waals surface area (Å²) >= 11 is 0. The summed E-state index contributed by atoms with van der Waals surface area (Å²) in [7, 11) is 3.95. The number of pyridine rings is 2. The van der Waals surface area contributed by atoms with Crippen LogP contribution < -0.4 is 20.4 Å². The van der Waals surface area contributed by atoms with Crippen LogP contribution in [0, 0.1) is 0 Å². The Morgan fingerprint density at radius 3 is 2.64 bits per heavy atom. The van der Waals surface area contributed by atoms with E-state index in [0.29, 0.717) is 12.1 Å². The minimum absolute atomic E-state index is 0.0618. The molecule has 204 valence electrons. The molecule has 1 aromatic carbocycles. The lowest BCUT2D eigenvalue weighted by atomic mass is 9.94. The van der Waals surface area contributed by atoms with Crippen LogP contribution in [0.5, 0.6) is 0 Å². The summed E-state index contributed by atoms with van der Waals surface area (Å²) in [5, 5.41) is 6.46. The molecule has 9 heteroatoms. The summed E-state index contributed by atoms with van der Waals surface area (Å²) in [6, 6.07) is 10.3.